The fourth-order valence-corrected chi connectivity index (χ4v) is 5.19. The van der Waals surface area contributed by atoms with Crippen LogP contribution in [0.15, 0.2) is 60.4 Å². The largest absolute Gasteiger partial charge is 0.461 e. The molecule has 260 valence electrons. The first-order valence-electron chi connectivity index (χ1n) is 16.6. The highest BCUT2D eigenvalue weighted by Crippen LogP contribution is 2.25. The maximum atomic E-state index is 13.3. The molecule has 49 heavy (non-hydrogen) atoms. The van der Waals surface area contributed by atoms with Gasteiger partial charge in [0.25, 0.3) is 11.8 Å². The average Bonchev–Trinajstić information content (AvgIpc) is 3.34. The molecule has 4 atom stereocenters. The van der Waals surface area contributed by atoms with Crippen molar-refractivity contribution in [1.82, 2.24) is 10.2 Å². The van der Waals surface area contributed by atoms with E-state index in [4.69, 9.17) is 22.2 Å². The Kier molecular flexibility index (Phi) is 13.8. The summed E-state index contributed by atoms with van der Waals surface area (Å²) in [5, 5.41) is 2.77. The maximum absolute atomic E-state index is 13.3. The van der Waals surface area contributed by atoms with E-state index in [0.29, 0.717) is 11.4 Å². The summed E-state index contributed by atoms with van der Waals surface area (Å²) in [6.07, 6.45) is 0.203. The van der Waals surface area contributed by atoms with Gasteiger partial charge in [-0.15, -0.1) is 0 Å². The average molecular weight is 676 g/mol. The molecule has 1 aliphatic rings. The number of imide groups is 1. The van der Waals surface area contributed by atoms with E-state index < -0.39 is 48.0 Å². The van der Waals surface area contributed by atoms with Gasteiger partial charge in [-0.2, -0.15) is 0 Å². The van der Waals surface area contributed by atoms with E-state index in [0.717, 1.165) is 22.1 Å². The summed E-state index contributed by atoms with van der Waals surface area (Å²) in [5.74, 6) is -3.98. The van der Waals surface area contributed by atoms with E-state index in [-0.39, 0.29) is 62.5 Å². The summed E-state index contributed by atoms with van der Waals surface area (Å²) in [6.45, 7) is 15.4. The number of amides is 3. The van der Waals surface area contributed by atoms with Crippen LogP contribution in [0, 0.1) is 24.3 Å². The van der Waals surface area contributed by atoms with Crippen LogP contribution >= 0.6 is 0 Å². The lowest BCUT2D eigenvalue weighted by Gasteiger charge is -2.27. The van der Waals surface area contributed by atoms with E-state index in [1.54, 1.807) is 38.1 Å². The highest BCUT2D eigenvalue weighted by atomic mass is 16.5. The quantitative estimate of drug-likeness (QED) is 0.0982. The van der Waals surface area contributed by atoms with Gasteiger partial charge in [0.05, 0.1) is 38.4 Å². The SMILES string of the molecule is [3H]C(C)C(=O)OCc1ccc(CC(=O)[C@H](C)NC(=O)[C@H](C(C)C)C(C)C(=O)CCOCCN2C(=O)C=C(Oc3ccc([N+]#[C-])cc3)C2=O)cc1. The minimum absolute atomic E-state index is 0.00482. The number of ether oxygens (including phenoxy) is 3. The Morgan fingerprint density at radius 2 is 1.59 bits per heavy atom. The van der Waals surface area contributed by atoms with Gasteiger partial charge in [0.1, 0.15) is 18.1 Å². The zero-order valence-corrected chi connectivity index (χ0v) is 28.4. The monoisotopic (exact) mass is 675 g/mol. The number of esters is 1. The van der Waals surface area contributed by atoms with Crippen LogP contribution in [0.4, 0.5) is 5.69 Å². The van der Waals surface area contributed by atoms with Crippen molar-refractivity contribution in [3.05, 3.63) is 82.9 Å². The Morgan fingerprint density at radius 3 is 2.20 bits per heavy atom. The topological polar surface area (TPSA) is 150 Å². The molecule has 1 N–H and O–H groups in total. The summed E-state index contributed by atoms with van der Waals surface area (Å²) in [4.78, 5) is 80.0. The Labute approximate surface area is 288 Å². The van der Waals surface area contributed by atoms with Gasteiger partial charge >= 0.3 is 5.97 Å². The molecule has 1 heterocycles. The van der Waals surface area contributed by atoms with Crippen molar-refractivity contribution in [2.75, 3.05) is 19.8 Å². The third-order valence-corrected chi connectivity index (χ3v) is 8.05. The van der Waals surface area contributed by atoms with E-state index in [1.165, 1.54) is 31.2 Å². The van der Waals surface area contributed by atoms with Gasteiger partial charge < -0.3 is 19.5 Å². The summed E-state index contributed by atoms with van der Waals surface area (Å²) in [6, 6.07) is 12.3. The molecule has 2 unspecified atom stereocenters. The summed E-state index contributed by atoms with van der Waals surface area (Å²) in [7, 11) is 0. The van der Waals surface area contributed by atoms with E-state index in [2.05, 4.69) is 10.2 Å². The lowest BCUT2D eigenvalue weighted by Crippen LogP contribution is -2.46. The zero-order valence-electron chi connectivity index (χ0n) is 29.4. The first kappa shape index (κ1) is 36.7. The van der Waals surface area contributed by atoms with Crippen molar-refractivity contribution in [3.63, 3.8) is 0 Å². The minimum Gasteiger partial charge on any atom is -0.461 e. The molecule has 0 saturated heterocycles. The van der Waals surface area contributed by atoms with Crippen molar-refractivity contribution >= 4 is 40.9 Å². The second-order valence-electron chi connectivity index (χ2n) is 12.0. The Morgan fingerprint density at radius 1 is 0.939 bits per heavy atom. The first-order chi connectivity index (χ1) is 23.7. The maximum Gasteiger partial charge on any atom is 0.305 e. The number of carbonyl (C=O) groups is 6. The van der Waals surface area contributed by atoms with Gasteiger partial charge in [-0.1, -0.05) is 64.1 Å². The first-order valence-corrected chi connectivity index (χ1v) is 16.0. The van der Waals surface area contributed by atoms with Gasteiger partial charge in [-0.25, -0.2) is 4.85 Å². The number of ketones is 2. The van der Waals surface area contributed by atoms with E-state index in [9.17, 15) is 28.8 Å². The number of benzene rings is 2. The molecule has 0 spiro atoms. The molecule has 0 bridgehead atoms. The van der Waals surface area contributed by atoms with Crippen molar-refractivity contribution in [2.45, 2.75) is 66.5 Å². The third-order valence-electron chi connectivity index (χ3n) is 8.05. The number of nitrogens with one attached hydrogen (secondary N) is 1. The zero-order chi connectivity index (χ0) is 37.0. The molecule has 3 amide bonds. The van der Waals surface area contributed by atoms with Gasteiger partial charge in [0, 0.05) is 32.4 Å². The Hall–Kier alpha value is -5.15. The number of nitrogens with zero attached hydrogens (tertiary/aromatic N) is 2. The summed E-state index contributed by atoms with van der Waals surface area (Å²) >= 11 is 0. The minimum atomic E-state index is -0.967. The summed E-state index contributed by atoms with van der Waals surface area (Å²) in [5.41, 5.74) is 1.85. The molecule has 2 aromatic rings. The highest BCUT2D eigenvalue weighted by molar-refractivity contribution is 6.15. The molecule has 0 saturated carbocycles. The molecular weight excluding hydrogens is 630 g/mol. The molecule has 0 aromatic heterocycles. The van der Waals surface area contributed by atoms with Crippen LogP contribution in [0.5, 0.6) is 5.75 Å². The molecule has 3 rings (SSSR count). The van der Waals surface area contributed by atoms with Crippen molar-refractivity contribution in [3.8, 4) is 5.75 Å². The molecule has 12 nitrogen and oxygen atoms in total. The Bertz CT molecular complexity index is 1630. The molecule has 0 aliphatic carbocycles. The van der Waals surface area contributed by atoms with Crippen LogP contribution in [0.25, 0.3) is 4.85 Å². The third kappa shape index (κ3) is 11.2. The van der Waals surface area contributed by atoms with Crippen LogP contribution in [-0.2, 0) is 51.3 Å². The van der Waals surface area contributed by atoms with E-state index in [1.807, 2.05) is 13.8 Å². The van der Waals surface area contributed by atoms with Crippen LogP contribution in [-0.4, -0.2) is 66.0 Å². The van der Waals surface area contributed by atoms with Crippen LogP contribution in [0.2, 0.25) is 0 Å². The van der Waals surface area contributed by atoms with Gasteiger partial charge in [0.2, 0.25) is 5.91 Å². The fraction of sp³-hybridized carbons (Fsp3) is 0.432. The predicted molar refractivity (Wildman–Crippen MR) is 179 cm³/mol. The number of carbonyl (C=O) groups excluding carboxylic acids is 6. The molecule has 0 fully saturated rings. The summed E-state index contributed by atoms with van der Waals surface area (Å²) < 4.78 is 23.5. The number of hydrogen-bond acceptors (Lipinski definition) is 9. The van der Waals surface area contributed by atoms with Gasteiger partial charge in [-0.3, -0.25) is 33.7 Å². The van der Waals surface area contributed by atoms with Crippen molar-refractivity contribution in [1.29, 1.82) is 0 Å². The predicted octanol–water partition coefficient (Wildman–Crippen LogP) is 4.52. The second-order valence-corrected chi connectivity index (χ2v) is 12.0. The number of Topliss-reactive ketones (excluding diaryl/α,β-unsaturated/α-hetero) is 2. The molecule has 1 aliphatic heterocycles. The van der Waals surface area contributed by atoms with Crippen LogP contribution in [0.3, 0.4) is 0 Å². The van der Waals surface area contributed by atoms with Gasteiger partial charge in [-0.05, 0) is 36.1 Å². The number of hydrogen-bond donors (Lipinski definition) is 1. The molecule has 0 radical (unpaired) electrons. The van der Waals surface area contributed by atoms with E-state index >= 15 is 0 Å². The standard InChI is InChI=1S/C37H43N3O9/c1-7-34(44)48-22-27-10-8-26(9-11-27)20-31(42)25(5)39-36(45)35(23(2)3)24(4)30(41)16-18-47-19-17-40-33(43)21-32(37(40)46)49-29-14-12-28(38-6)13-15-29/h8-15,21,23-25,35H,7,16-20,22H2,1-5H3,(H,39,45)/t24?,25-,35+/m0/s1/i7T/t7?,24?,25-,35+. The number of rotatable bonds is 19. The fourth-order valence-electron chi connectivity index (χ4n) is 5.19. The van der Waals surface area contributed by atoms with Crippen LogP contribution in [0.1, 0.15) is 59.9 Å². The smallest absolute Gasteiger partial charge is 0.305 e. The van der Waals surface area contributed by atoms with Crippen molar-refractivity contribution in [2.24, 2.45) is 17.8 Å². The lowest BCUT2D eigenvalue weighted by atomic mass is 9.80. The van der Waals surface area contributed by atoms with Crippen LogP contribution < -0.4 is 10.1 Å². The second kappa shape index (κ2) is 18.4. The Balaban J connectivity index is 1.41. The lowest BCUT2D eigenvalue weighted by molar-refractivity contribution is -0.144. The highest BCUT2D eigenvalue weighted by Gasteiger charge is 2.34. The van der Waals surface area contributed by atoms with Gasteiger partial charge in [0.15, 0.2) is 17.2 Å². The molecular formula is C37H43N3O9. The molecule has 2 aromatic carbocycles. The molecule has 12 heteroatoms. The normalized spacial score (nSPS) is 15.4. The van der Waals surface area contributed by atoms with Crippen molar-refractivity contribution < 1.29 is 44.3 Å².